The van der Waals surface area contributed by atoms with Crippen LogP contribution in [0.5, 0.6) is 0 Å². The Morgan fingerprint density at radius 1 is 0.792 bits per heavy atom. The first-order valence-electron chi connectivity index (χ1n) is 12.6. The SMILES string of the molecule is [2H]c1c([2H])c(C2CCC(C3CCC(CCC)CC3)CC2)c([2H])c([2H])c1CCC. The van der Waals surface area contributed by atoms with E-state index in [1.54, 1.807) is 0 Å². The van der Waals surface area contributed by atoms with Gasteiger partial charge < -0.3 is 0 Å². The molecule has 1 aromatic carbocycles. The third-order valence-electron chi connectivity index (χ3n) is 6.63. The quantitative estimate of drug-likeness (QED) is 0.506. The second-order valence-corrected chi connectivity index (χ2v) is 8.32. The lowest BCUT2D eigenvalue weighted by Crippen LogP contribution is -2.25. The number of hydrogen-bond donors (Lipinski definition) is 0. The monoisotopic (exact) mass is 330 g/mol. The molecule has 0 nitrogen and oxygen atoms in total. The summed E-state index contributed by atoms with van der Waals surface area (Å²) in [6.07, 6.45) is 14.3. The van der Waals surface area contributed by atoms with Gasteiger partial charge in [-0.15, -0.1) is 0 Å². The van der Waals surface area contributed by atoms with E-state index in [-0.39, 0.29) is 30.1 Å². The highest BCUT2D eigenvalue weighted by atomic mass is 14.4. The van der Waals surface area contributed by atoms with Crippen LogP contribution in [-0.4, -0.2) is 0 Å². The summed E-state index contributed by atoms with van der Waals surface area (Å²) in [6, 6.07) is 0.865. The Kier molecular flexibility index (Phi) is 5.07. The Morgan fingerprint density at radius 2 is 1.38 bits per heavy atom. The molecular formula is C24H38. The molecule has 2 aliphatic carbocycles. The summed E-state index contributed by atoms with van der Waals surface area (Å²) in [5.74, 6) is 2.86. The highest BCUT2D eigenvalue weighted by Gasteiger charge is 2.30. The Bertz CT molecular complexity index is 624. The summed E-state index contributed by atoms with van der Waals surface area (Å²) < 4.78 is 33.7. The lowest BCUT2D eigenvalue weighted by Gasteiger charge is -2.38. The van der Waals surface area contributed by atoms with Crippen molar-refractivity contribution in [3.8, 4) is 0 Å². The summed E-state index contributed by atoms with van der Waals surface area (Å²) in [5.41, 5.74) is 1.29. The van der Waals surface area contributed by atoms with E-state index in [0.717, 1.165) is 37.0 Å². The van der Waals surface area contributed by atoms with E-state index in [4.69, 9.17) is 5.48 Å². The Labute approximate surface area is 156 Å². The van der Waals surface area contributed by atoms with Crippen LogP contribution in [0.4, 0.5) is 0 Å². The van der Waals surface area contributed by atoms with Crippen LogP contribution in [0.15, 0.2) is 24.2 Å². The Morgan fingerprint density at radius 3 is 1.92 bits per heavy atom. The van der Waals surface area contributed by atoms with E-state index in [0.29, 0.717) is 17.5 Å². The van der Waals surface area contributed by atoms with Crippen molar-refractivity contribution in [1.82, 2.24) is 0 Å². The van der Waals surface area contributed by atoms with Gasteiger partial charge in [0.1, 0.15) is 0 Å². The van der Waals surface area contributed by atoms with Crippen LogP contribution in [0.3, 0.4) is 0 Å². The maximum absolute atomic E-state index is 8.51. The van der Waals surface area contributed by atoms with Gasteiger partial charge in [0.25, 0.3) is 0 Å². The van der Waals surface area contributed by atoms with Crippen LogP contribution in [0.1, 0.15) is 107 Å². The lowest BCUT2D eigenvalue weighted by atomic mass is 9.68. The second kappa shape index (κ2) is 9.07. The van der Waals surface area contributed by atoms with Gasteiger partial charge in [-0.3, -0.25) is 0 Å². The normalized spacial score (nSPS) is 33.4. The highest BCUT2D eigenvalue weighted by Crippen LogP contribution is 2.44. The van der Waals surface area contributed by atoms with Gasteiger partial charge in [0, 0.05) is 0 Å². The molecular weight excluding hydrogens is 288 g/mol. The molecule has 24 heavy (non-hydrogen) atoms. The maximum Gasteiger partial charge on any atom is 0.0626 e. The standard InChI is InChI=1S/C24H38/c1-3-5-19-7-11-21(12-8-19)23-15-17-24(18-16-23)22-13-9-20(6-4-2)10-14-22/h7-8,11-12,20,22-24H,3-6,9-10,13-18H2,1-2H3/i7D,8D,11D,12D. The predicted octanol–water partition coefficient (Wildman–Crippen LogP) is 7.52. The summed E-state index contributed by atoms with van der Waals surface area (Å²) in [7, 11) is 0. The Balaban J connectivity index is 1.65. The molecule has 0 radical (unpaired) electrons. The second-order valence-electron chi connectivity index (χ2n) is 8.32. The topological polar surface area (TPSA) is 0 Å². The van der Waals surface area contributed by atoms with Crippen molar-refractivity contribution in [2.45, 2.75) is 96.8 Å². The van der Waals surface area contributed by atoms with Gasteiger partial charge in [-0.1, -0.05) is 70.1 Å². The van der Waals surface area contributed by atoms with Gasteiger partial charge in [0.2, 0.25) is 0 Å². The van der Waals surface area contributed by atoms with Crippen molar-refractivity contribution in [2.24, 2.45) is 17.8 Å². The third kappa shape index (κ3) is 4.64. The molecule has 2 saturated carbocycles. The zero-order valence-electron chi connectivity index (χ0n) is 19.8. The fourth-order valence-electron chi connectivity index (χ4n) is 5.16. The molecule has 0 aromatic heterocycles. The number of rotatable bonds is 6. The molecule has 0 amide bonds. The zero-order valence-corrected chi connectivity index (χ0v) is 15.8. The van der Waals surface area contributed by atoms with Gasteiger partial charge in [-0.2, -0.15) is 0 Å². The van der Waals surface area contributed by atoms with E-state index in [1.165, 1.54) is 51.4 Å². The van der Waals surface area contributed by atoms with Gasteiger partial charge in [0.15, 0.2) is 0 Å². The van der Waals surface area contributed by atoms with Crippen LogP contribution in [0.2, 0.25) is 0 Å². The number of benzene rings is 1. The number of hydrogen-bond acceptors (Lipinski definition) is 0. The minimum atomic E-state index is 0.203. The highest BCUT2D eigenvalue weighted by molar-refractivity contribution is 5.26. The van der Waals surface area contributed by atoms with Crippen molar-refractivity contribution in [3.63, 3.8) is 0 Å². The Hall–Kier alpha value is -0.780. The fraction of sp³-hybridized carbons (Fsp3) is 0.750. The first-order valence-corrected chi connectivity index (χ1v) is 10.6. The smallest absolute Gasteiger partial charge is 0.0626 e. The summed E-state index contributed by atoms with van der Waals surface area (Å²) in [4.78, 5) is 0. The molecule has 0 spiro atoms. The molecule has 0 bridgehead atoms. The van der Waals surface area contributed by atoms with Gasteiger partial charge in [0.05, 0.1) is 5.48 Å². The molecule has 3 rings (SSSR count). The molecule has 0 heteroatoms. The van der Waals surface area contributed by atoms with Crippen molar-refractivity contribution in [1.29, 1.82) is 0 Å². The van der Waals surface area contributed by atoms with Crippen molar-refractivity contribution in [3.05, 3.63) is 35.3 Å². The van der Waals surface area contributed by atoms with Crippen LogP contribution in [-0.2, 0) is 6.42 Å². The van der Waals surface area contributed by atoms with E-state index in [2.05, 4.69) is 6.92 Å². The van der Waals surface area contributed by atoms with Gasteiger partial charge in [-0.25, -0.2) is 0 Å². The lowest BCUT2D eigenvalue weighted by molar-refractivity contribution is 0.156. The minimum absolute atomic E-state index is 0.203. The van der Waals surface area contributed by atoms with Crippen molar-refractivity contribution >= 4 is 0 Å². The molecule has 1 aromatic rings. The molecule has 2 fully saturated rings. The average molecular weight is 331 g/mol. The molecule has 0 atom stereocenters. The fourth-order valence-corrected chi connectivity index (χ4v) is 5.16. The van der Waals surface area contributed by atoms with Crippen LogP contribution >= 0.6 is 0 Å². The van der Waals surface area contributed by atoms with E-state index in [9.17, 15) is 0 Å². The zero-order chi connectivity index (χ0) is 20.3. The molecule has 0 N–H and O–H groups in total. The maximum atomic E-state index is 8.51. The minimum Gasteiger partial charge on any atom is -0.0654 e. The summed E-state index contributed by atoms with van der Waals surface area (Å²) in [6.45, 7) is 4.32. The van der Waals surface area contributed by atoms with Gasteiger partial charge >= 0.3 is 0 Å². The molecule has 0 aliphatic heterocycles. The average Bonchev–Trinajstić information content (AvgIpc) is 2.71. The summed E-state index contributed by atoms with van der Waals surface area (Å²) in [5, 5.41) is 0. The molecule has 2 aliphatic rings. The molecule has 0 unspecified atom stereocenters. The predicted molar refractivity (Wildman–Crippen MR) is 105 cm³/mol. The van der Waals surface area contributed by atoms with Crippen LogP contribution < -0.4 is 0 Å². The van der Waals surface area contributed by atoms with E-state index >= 15 is 0 Å². The van der Waals surface area contributed by atoms with Gasteiger partial charge in [-0.05, 0) is 79.7 Å². The van der Waals surface area contributed by atoms with Crippen molar-refractivity contribution < 1.29 is 5.48 Å². The summed E-state index contributed by atoms with van der Waals surface area (Å²) >= 11 is 0. The van der Waals surface area contributed by atoms with Crippen LogP contribution in [0, 0.1) is 17.8 Å². The van der Waals surface area contributed by atoms with Crippen molar-refractivity contribution in [2.75, 3.05) is 0 Å². The molecule has 0 heterocycles. The van der Waals surface area contributed by atoms with Crippen LogP contribution in [0.25, 0.3) is 0 Å². The molecule has 0 saturated heterocycles. The van der Waals surface area contributed by atoms with E-state index < -0.39 is 0 Å². The largest absolute Gasteiger partial charge is 0.0654 e. The first kappa shape index (κ1) is 13.4. The third-order valence-corrected chi connectivity index (χ3v) is 6.63. The molecule has 134 valence electrons. The first-order chi connectivity index (χ1) is 13.5. The van der Waals surface area contributed by atoms with E-state index in [1.807, 2.05) is 6.92 Å².